The van der Waals surface area contributed by atoms with Gasteiger partial charge >= 0.3 is 0 Å². The molecule has 0 radical (unpaired) electrons. The molecule has 1 fully saturated rings. The zero-order valence-electron chi connectivity index (χ0n) is 11.6. The van der Waals surface area contributed by atoms with Gasteiger partial charge in [0.05, 0.1) is 0 Å². The molecule has 2 atom stereocenters. The Morgan fingerprint density at radius 1 is 1.44 bits per heavy atom. The largest absolute Gasteiger partial charge is 0.299 e. The minimum Gasteiger partial charge on any atom is -0.299 e. The molecule has 1 heterocycles. The summed E-state index contributed by atoms with van der Waals surface area (Å²) in [5.41, 5.74) is 1.24. The van der Waals surface area contributed by atoms with E-state index < -0.39 is 0 Å². The van der Waals surface area contributed by atoms with Crippen molar-refractivity contribution in [1.29, 1.82) is 0 Å². The highest BCUT2D eigenvalue weighted by molar-refractivity contribution is 5.81. The fraction of sp³-hybridized carbons (Fsp3) is 0.733. The molecule has 0 amide bonds. The van der Waals surface area contributed by atoms with E-state index in [-0.39, 0.29) is 0 Å². The summed E-state index contributed by atoms with van der Waals surface area (Å²) in [6.45, 7) is 2.24. The quantitative estimate of drug-likeness (QED) is 0.802. The lowest BCUT2D eigenvalue weighted by molar-refractivity contribution is -0.125. The monoisotopic (exact) mass is 248 g/mol. The van der Waals surface area contributed by atoms with Crippen LogP contribution in [-0.4, -0.2) is 15.6 Å². The molecule has 2 unspecified atom stereocenters. The van der Waals surface area contributed by atoms with Crippen LogP contribution < -0.4 is 0 Å². The van der Waals surface area contributed by atoms with Crippen LogP contribution in [0.15, 0.2) is 12.3 Å². The molecule has 0 N–H and O–H groups in total. The molecule has 0 saturated heterocycles. The molecule has 1 aromatic heterocycles. The first-order valence-corrected chi connectivity index (χ1v) is 7.20. The summed E-state index contributed by atoms with van der Waals surface area (Å²) in [6.07, 6.45) is 9.38. The first kappa shape index (κ1) is 13.3. The van der Waals surface area contributed by atoms with Crippen molar-refractivity contribution in [3.05, 3.63) is 18.0 Å². The number of ketones is 1. The SMILES string of the molecule is CCCC1CCC(=O)C(CCc2ccnn2C)C1. The number of aromatic nitrogens is 2. The molecule has 1 aliphatic rings. The number of aryl methyl sites for hydroxylation is 2. The minimum absolute atomic E-state index is 0.296. The smallest absolute Gasteiger partial charge is 0.136 e. The van der Waals surface area contributed by atoms with E-state index in [9.17, 15) is 4.79 Å². The topological polar surface area (TPSA) is 34.9 Å². The van der Waals surface area contributed by atoms with E-state index in [0.29, 0.717) is 11.7 Å². The molecule has 0 aliphatic heterocycles. The van der Waals surface area contributed by atoms with Gasteiger partial charge in [-0.3, -0.25) is 9.48 Å². The lowest BCUT2D eigenvalue weighted by Crippen LogP contribution is -2.25. The van der Waals surface area contributed by atoms with E-state index in [1.807, 2.05) is 17.9 Å². The zero-order valence-corrected chi connectivity index (χ0v) is 11.6. The lowest BCUT2D eigenvalue weighted by atomic mass is 9.76. The Bertz CT molecular complexity index is 397. The lowest BCUT2D eigenvalue weighted by Gasteiger charge is -2.27. The second kappa shape index (κ2) is 6.17. The van der Waals surface area contributed by atoms with Gasteiger partial charge < -0.3 is 0 Å². The van der Waals surface area contributed by atoms with Gasteiger partial charge in [-0.15, -0.1) is 0 Å². The summed E-state index contributed by atoms with van der Waals surface area (Å²) < 4.78 is 1.91. The van der Waals surface area contributed by atoms with Gasteiger partial charge in [0.25, 0.3) is 0 Å². The second-order valence-corrected chi connectivity index (χ2v) is 5.58. The first-order chi connectivity index (χ1) is 8.70. The van der Waals surface area contributed by atoms with Gasteiger partial charge in [-0.25, -0.2) is 0 Å². The highest BCUT2D eigenvalue weighted by Gasteiger charge is 2.27. The van der Waals surface area contributed by atoms with Crippen LogP contribution in [0.2, 0.25) is 0 Å². The Labute approximate surface area is 110 Å². The molecule has 1 aromatic rings. The Morgan fingerprint density at radius 2 is 2.28 bits per heavy atom. The number of carbonyl (C=O) groups is 1. The van der Waals surface area contributed by atoms with Crippen molar-refractivity contribution in [2.45, 2.75) is 51.9 Å². The predicted octanol–water partition coefficient (Wildman–Crippen LogP) is 3.14. The third-order valence-corrected chi connectivity index (χ3v) is 4.24. The van der Waals surface area contributed by atoms with Crippen molar-refractivity contribution in [2.24, 2.45) is 18.9 Å². The standard InChI is InChI=1S/C15H24N2O/c1-3-4-12-5-8-15(18)13(11-12)6-7-14-9-10-16-17(14)2/h9-10,12-13H,3-8,11H2,1-2H3. The molecular formula is C15H24N2O. The second-order valence-electron chi connectivity index (χ2n) is 5.58. The number of carbonyl (C=O) groups excluding carboxylic acids is 1. The van der Waals surface area contributed by atoms with Gasteiger partial charge in [0.1, 0.15) is 5.78 Å². The summed E-state index contributed by atoms with van der Waals surface area (Å²) in [5.74, 6) is 1.57. The van der Waals surface area contributed by atoms with Crippen LogP contribution in [0.3, 0.4) is 0 Å². The van der Waals surface area contributed by atoms with Gasteiger partial charge in [0.15, 0.2) is 0 Å². The minimum atomic E-state index is 0.296. The average molecular weight is 248 g/mol. The van der Waals surface area contributed by atoms with Crippen molar-refractivity contribution >= 4 is 5.78 Å². The number of Topliss-reactive ketones (excluding diaryl/α,β-unsaturated/α-hetero) is 1. The predicted molar refractivity (Wildman–Crippen MR) is 72.3 cm³/mol. The first-order valence-electron chi connectivity index (χ1n) is 7.20. The van der Waals surface area contributed by atoms with Crippen LogP contribution in [0.25, 0.3) is 0 Å². The number of rotatable bonds is 5. The highest BCUT2D eigenvalue weighted by atomic mass is 16.1. The van der Waals surface area contributed by atoms with E-state index in [0.717, 1.165) is 38.0 Å². The molecule has 3 heteroatoms. The number of hydrogen-bond acceptors (Lipinski definition) is 2. The van der Waals surface area contributed by atoms with Crippen LogP contribution in [0.4, 0.5) is 0 Å². The molecule has 18 heavy (non-hydrogen) atoms. The molecule has 0 bridgehead atoms. The van der Waals surface area contributed by atoms with E-state index in [4.69, 9.17) is 0 Å². The molecule has 100 valence electrons. The molecule has 3 nitrogen and oxygen atoms in total. The summed E-state index contributed by atoms with van der Waals surface area (Å²) >= 11 is 0. The van der Waals surface area contributed by atoms with Crippen LogP contribution in [-0.2, 0) is 18.3 Å². The van der Waals surface area contributed by atoms with Crippen LogP contribution in [0.1, 0.15) is 51.1 Å². The van der Waals surface area contributed by atoms with E-state index >= 15 is 0 Å². The molecule has 0 aromatic carbocycles. The fourth-order valence-corrected chi connectivity index (χ4v) is 3.12. The third-order valence-electron chi connectivity index (χ3n) is 4.24. The molecule has 1 aliphatic carbocycles. The average Bonchev–Trinajstić information content (AvgIpc) is 2.76. The maximum absolute atomic E-state index is 12.0. The Hall–Kier alpha value is -1.12. The normalized spacial score (nSPS) is 24.4. The van der Waals surface area contributed by atoms with Crippen molar-refractivity contribution in [1.82, 2.24) is 9.78 Å². The van der Waals surface area contributed by atoms with Crippen molar-refractivity contribution in [3.63, 3.8) is 0 Å². The van der Waals surface area contributed by atoms with Gasteiger partial charge in [-0.2, -0.15) is 5.10 Å². The summed E-state index contributed by atoms with van der Waals surface area (Å²) in [5, 5.41) is 4.18. The molecular weight excluding hydrogens is 224 g/mol. The van der Waals surface area contributed by atoms with E-state index in [2.05, 4.69) is 18.1 Å². The van der Waals surface area contributed by atoms with Crippen molar-refractivity contribution in [3.8, 4) is 0 Å². The number of nitrogens with zero attached hydrogens (tertiary/aromatic N) is 2. The van der Waals surface area contributed by atoms with Crippen LogP contribution >= 0.6 is 0 Å². The summed E-state index contributed by atoms with van der Waals surface area (Å²) in [7, 11) is 1.97. The van der Waals surface area contributed by atoms with Gasteiger partial charge in [-0.05, 0) is 37.7 Å². The maximum atomic E-state index is 12.0. The zero-order chi connectivity index (χ0) is 13.0. The molecule has 0 spiro atoms. The number of hydrogen-bond donors (Lipinski definition) is 0. The Morgan fingerprint density at radius 3 is 2.94 bits per heavy atom. The Balaban J connectivity index is 1.87. The highest BCUT2D eigenvalue weighted by Crippen LogP contribution is 2.32. The fourth-order valence-electron chi connectivity index (χ4n) is 3.12. The van der Waals surface area contributed by atoms with Crippen LogP contribution in [0.5, 0.6) is 0 Å². The van der Waals surface area contributed by atoms with Gasteiger partial charge in [0.2, 0.25) is 0 Å². The van der Waals surface area contributed by atoms with Gasteiger partial charge in [-0.1, -0.05) is 19.8 Å². The summed E-state index contributed by atoms with van der Waals surface area (Å²) in [4.78, 5) is 12.0. The van der Waals surface area contributed by atoms with Crippen LogP contribution in [0, 0.1) is 11.8 Å². The summed E-state index contributed by atoms with van der Waals surface area (Å²) in [6, 6.07) is 2.05. The third kappa shape index (κ3) is 3.21. The van der Waals surface area contributed by atoms with Crippen molar-refractivity contribution < 1.29 is 4.79 Å². The van der Waals surface area contributed by atoms with E-state index in [1.165, 1.54) is 18.5 Å². The maximum Gasteiger partial charge on any atom is 0.136 e. The Kier molecular flexibility index (Phi) is 4.56. The van der Waals surface area contributed by atoms with Gasteiger partial charge in [0, 0.05) is 31.3 Å². The molecule has 1 saturated carbocycles. The molecule has 2 rings (SSSR count). The van der Waals surface area contributed by atoms with E-state index in [1.54, 1.807) is 0 Å². The van der Waals surface area contributed by atoms with Crippen molar-refractivity contribution in [2.75, 3.05) is 0 Å².